The number of carbonyl (C=O) groups is 3. The van der Waals surface area contributed by atoms with Crippen LogP contribution < -0.4 is 20.9 Å². The highest BCUT2D eigenvalue weighted by molar-refractivity contribution is 7.14. The lowest BCUT2D eigenvalue weighted by Crippen LogP contribution is -2.31. The quantitative estimate of drug-likeness (QED) is 0.659. The van der Waals surface area contributed by atoms with Gasteiger partial charge in [-0.25, -0.2) is 9.78 Å². The average molecular weight is 401 g/mol. The van der Waals surface area contributed by atoms with E-state index in [1.54, 1.807) is 22.4 Å². The molecule has 3 N–H and O–H groups in total. The molecular weight excluding hydrogens is 378 g/mol. The second-order valence-electron chi connectivity index (χ2n) is 6.83. The molecular formula is C19H23N5O3S. The summed E-state index contributed by atoms with van der Waals surface area (Å²) in [6, 6.07) is 7.14. The number of hydrogen-bond donors (Lipinski definition) is 3. The summed E-state index contributed by atoms with van der Waals surface area (Å²) < 4.78 is 0. The van der Waals surface area contributed by atoms with Crippen LogP contribution in [0.3, 0.4) is 0 Å². The van der Waals surface area contributed by atoms with Gasteiger partial charge in [-0.1, -0.05) is 12.1 Å². The van der Waals surface area contributed by atoms with Crippen LogP contribution in [-0.4, -0.2) is 42.0 Å². The number of carbonyl (C=O) groups excluding carboxylic acids is 3. The lowest BCUT2D eigenvalue weighted by Gasteiger charge is -2.09. The van der Waals surface area contributed by atoms with Gasteiger partial charge in [-0.2, -0.15) is 0 Å². The Kier molecular flexibility index (Phi) is 6.25. The van der Waals surface area contributed by atoms with Gasteiger partial charge in [-0.05, 0) is 31.5 Å². The first-order valence-electron chi connectivity index (χ1n) is 9.08. The van der Waals surface area contributed by atoms with Gasteiger partial charge < -0.3 is 16.0 Å². The van der Waals surface area contributed by atoms with E-state index in [4.69, 9.17) is 0 Å². The van der Waals surface area contributed by atoms with E-state index in [0.717, 1.165) is 5.56 Å². The van der Waals surface area contributed by atoms with Crippen molar-refractivity contribution in [1.29, 1.82) is 0 Å². The number of nitrogens with zero attached hydrogens (tertiary/aromatic N) is 2. The van der Waals surface area contributed by atoms with Crippen LogP contribution in [0.4, 0.5) is 15.6 Å². The van der Waals surface area contributed by atoms with Crippen LogP contribution >= 0.6 is 11.3 Å². The van der Waals surface area contributed by atoms with Crippen molar-refractivity contribution in [3.05, 3.63) is 40.9 Å². The molecule has 2 heterocycles. The van der Waals surface area contributed by atoms with Crippen molar-refractivity contribution in [2.45, 2.75) is 32.7 Å². The van der Waals surface area contributed by atoms with Gasteiger partial charge in [0.25, 0.3) is 0 Å². The molecule has 2 aromatic rings. The molecule has 1 saturated heterocycles. The second-order valence-corrected chi connectivity index (χ2v) is 7.66. The van der Waals surface area contributed by atoms with Gasteiger partial charge in [0.2, 0.25) is 11.8 Å². The van der Waals surface area contributed by atoms with Crippen LogP contribution in [0, 0.1) is 0 Å². The molecule has 28 heavy (non-hydrogen) atoms. The summed E-state index contributed by atoms with van der Waals surface area (Å²) in [5.74, 6) is -0.217. The van der Waals surface area contributed by atoms with Gasteiger partial charge >= 0.3 is 6.03 Å². The molecule has 4 amide bonds. The molecule has 0 atom stereocenters. The van der Waals surface area contributed by atoms with Gasteiger partial charge in [-0.15, -0.1) is 11.3 Å². The molecule has 148 valence electrons. The van der Waals surface area contributed by atoms with E-state index in [0.29, 0.717) is 36.0 Å². The summed E-state index contributed by atoms with van der Waals surface area (Å²) in [4.78, 5) is 41.7. The average Bonchev–Trinajstić information content (AvgIpc) is 3.24. The first-order chi connectivity index (χ1) is 13.4. The Bertz CT molecular complexity index is 863. The van der Waals surface area contributed by atoms with Crippen molar-refractivity contribution in [3.8, 4) is 0 Å². The Labute approximate surface area is 167 Å². The minimum atomic E-state index is -0.187. The fourth-order valence-electron chi connectivity index (χ4n) is 2.79. The summed E-state index contributed by atoms with van der Waals surface area (Å²) in [5.41, 5.74) is 2.16. The van der Waals surface area contributed by atoms with Gasteiger partial charge in [0, 0.05) is 30.2 Å². The molecule has 0 radical (unpaired) electrons. The molecule has 1 fully saturated rings. The summed E-state index contributed by atoms with van der Waals surface area (Å²) in [6.45, 7) is 5.02. The third kappa shape index (κ3) is 5.29. The number of rotatable bonds is 7. The number of urea groups is 1. The minimum Gasteiger partial charge on any atom is -0.354 e. The Hall–Kier alpha value is -2.94. The maximum atomic E-state index is 12.3. The van der Waals surface area contributed by atoms with E-state index in [1.807, 2.05) is 26.0 Å². The summed E-state index contributed by atoms with van der Waals surface area (Å²) >= 11 is 1.35. The Morgan fingerprint density at radius 1 is 1.21 bits per heavy atom. The second kappa shape index (κ2) is 8.83. The Morgan fingerprint density at radius 2 is 1.96 bits per heavy atom. The summed E-state index contributed by atoms with van der Waals surface area (Å²) in [6.07, 6.45) is 0.433. The van der Waals surface area contributed by atoms with Gasteiger partial charge in [0.1, 0.15) is 0 Å². The molecule has 1 aromatic carbocycles. The van der Waals surface area contributed by atoms with Gasteiger partial charge in [-0.3, -0.25) is 14.5 Å². The molecule has 0 spiro atoms. The lowest BCUT2D eigenvalue weighted by atomic mass is 10.1. The molecule has 1 aromatic heterocycles. The fraction of sp³-hybridized carbons (Fsp3) is 0.368. The number of amides is 4. The normalized spacial score (nSPS) is 13.5. The van der Waals surface area contributed by atoms with E-state index in [1.165, 1.54) is 11.3 Å². The van der Waals surface area contributed by atoms with Crippen molar-refractivity contribution in [2.75, 3.05) is 23.3 Å². The topological polar surface area (TPSA) is 103 Å². The number of nitrogens with one attached hydrogen (secondary N) is 3. The zero-order valence-corrected chi connectivity index (χ0v) is 16.6. The van der Waals surface area contributed by atoms with Crippen LogP contribution in [0.1, 0.15) is 25.1 Å². The first kappa shape index (κ1) is 19.8. The number of hydrogen-bond acceptors (Lipinski definition) is 5. The highest BCUT2D eigenvalue weighted by atomic mass is 32.1. The lowest BCUT2D eigenvalue weighted by molar-refractivity contribution is -0.121. The number of benzene rings is 1. The number of aromatic nitrogens is 1. The van der Waals surface area contributed by atoms with Crippen LogP contribution in [0.25, 0.3) is 0 Å². The molecule has 1 aliphatic heterocycles. The van der Waals surface area contributed by atoms with Crippen LogP contribution in [0.2, 0.25) is 0 Å². The van der Waals surface area contributed by atoms with Crippen molar-refractivity contribution in [1.82, 2.24) is 15.6 Å². The van der Waals surface area contributed by atoms with Crippen molar-refractivity contribution < 1.29 is 14.4 Å². The summed E-state index contributed by atoms with van der Waals surface area (Å²) in [7, 11) is 0. The minimum absolute atomic E-state index is 0.0298. The zero-order chi connectivity index (χ0) is 20.1. The van der Waals surface area contributed by atoms with E-state index in [-0.39, 0.29) is 30.3 Å². The predicted molar refractivity (Wildman–Crippen MR) is 109 cm³/mol. The highest BCUT2D eigenvalue weighted by Gasteiger charge is 2.24. The predicted octanol–water partition coefficient (Wildman–Crippen LogP) is 1.92. The fourth-order valence-corrected chi connectivity index (χ4v) is 3.64. The van der Waals surface area contributed by atoms with Crippen molar-refractivity contribution >= 4 is 40.0 Å². The molecule has 0 unspecified atom stereocenters. The Morgan fingerprint density at radius 3 is 2.61 bits per heavy atom. The third-order valence-electron chi connectivity index (χ3n) is 4.02. The zero-order valence-electron chi connectivity index (χ0n) is 15.8. The maximum Gasteiger partial charge on any atom is 0.323 e. The van der Waals surface area contributed by atoms with Gasteiger partial charge in [0.05, 0.1) is 18.5 Å². The molecule has 8 nitrogen and oxygen atoms in total. The monoisotopic (exact) mass is 401 g/mol. The van der Waals surface area contributed by atoms with E-state index < -0.39 is 0 Å². The van der Waals surface area contributed by atoms with E-state index >= 15 is 0 Å². The maximum absolute atomic E-state index is 12.3. The summed E-state index contributed by atoms with van der Waals surface area (Å²) in [5, 5.41) is 10.8. The standard InChI is InChI=1S/C19H23N5O3S/c1-12(2)21-16(25)9-13-3-5-14(6-4-13)22-17(26)10-15-11-28-19(23-15)24-8-7-20-18(24)27/h3-6,11-12H,7-10H2,1-2H3,(H,20,27)(H,21,25)(H,22,26). The largest absolute Gasteiger partial charge is 0.354 e. The van der Waals surface area contributed by atoms with Crippen LogP contribution in [0.15, 0.2) is 29.6 Å². The molecule has 3 rings (SSSR count). The SMILES string of the molecule is CC(C)NC(=O)Cc1ccc(NC(=O)Cc2csc(N3CCNC3=O)n2)cc1. The number of anilines is 2. The highest BCUT2D eigenvalue weighted by Crippen LogP contribution is 2.22. The molecule has 0 aliphatic carbocycles. The van der Waals surface area contributed by atoms with Crippen LogP contribution in [0.5, 0.6) is 0 Å². The van der Waals surface area contributed by atoms with Gasteiger partial charge in [0.15, 0.2) is 5.13 Å². The molecule has 0 saturated carbocycles. The van der Waals surface area contributed by atoms with Crippen molar-refractivity contribution in [3.63, 3.8) is 0 Å². The molecule has 9 heteroatoms. The smallest absolute Gasteiger partial charge is 0.323 e. The molecule has 0 bridgehead atoms. The first-order valence-corrected chi connectivity index (χ1v) is 9.96. The Balaban J connectivity index is 1.51. The number of thiazole rings is 1. The van der Waals surface area contributed by atoms with Crippen molar-refractivity contribution in [2.24, 2.45) is 0 Å². The molecule has 1 aliphatic rings. The van der Waals surface area contributed by atoms with E-state index in [9.17, 15) is 14.4 Å². The third-order valence-corrected chi connectivity index (χ3v) is 4.93. The van der Waals surface area contributed by atoms with E-state index in [2.05, 4.69) is 20.9 Å². The van der Waals surface area contributed by atoms with Crippen LogP contribution in [-0.2, 0) is 22.4 Å².